The summed E-state index contributed by atoms with van der Waals surface area (Å²) in [4.78, 5) is 49.8. The molecule has 0 spiro atoms. The van der Waals surface area contributed by atoms with Crippen LogP contribution in [0.1, 0.15) is 32.1 Å². The van der Waals surface area contributed by atoms with Crippen molar-refractivity contribution in [1.82, 2.24) is 24.9 Å². The molecule has 4 heterocycles. The number of carboxylic acid groups (broad SMARTS) is 1. The van der Waals surface area contributed by atoms with Gasteiger partial charge in [-0.1, -0.05) is 0 Å². The van der Waals surface area contributed by atoms with Crippen LogP contribution in [-0.4, -0.2) is 92.3 Å². The Balaban J connectivity index is 0.000000913. The van der Waals surface area contributed by atoms with Crippen molar-refractivity contribution in [3.8, 4) is 0 Å². The Hall–Kier alpha value is -2.95. The first-order valence-corrected chi connectivity index (χ1v) is 11.0. The van der Waals surface area contributed by atoms with E-state index in [2.05, 4.69) is 10.4 Å². The van der Waals surface area contributed by atoms with E-state index in [0.29, 0.717) is 26.1 Å². The highest BCUT2D eigenvalue weighted by Gasteiger charge is 2.49. The molecule has 0 radical (unpaired) electrons. The van der Waals surface area contributed by atoms with Crippen LogP contribution in [0, 0.1) is 11.8 Å². The van der Waals surface area contributed by atoms with Crippen LogP contribution in [0.5, 0.6) is 0 Å². The van der Waals surface area contributed by atoms with Crippen LogP contribution in [0.25, 0.3) is 0 Å². The smallest absolute Gasteiger partial charge is 0.290 e. The van der Waals surface area contributed by atoms with Gasteiger partial charge in [-0.3, -0.25) is 23.9 Å². The fourth-order valence-electron chi connectivity index (χ4n) is 5.31. The van der Waals surface area contributed by atoms with Crippen LogP contribution in [-0.2, 0) is 25.7 Å². The molecule has 0 aliphatic carbocycles. The molecule has 3 saturated heterocycles. The number of hydrogen-bond donors (Lipinski definition) is 3. The van der Waals surface area contributed by atoms with Crippen LogP contribution in [0.15, 0.2) is 18.5 Å². The number of aliphatic hydroxyl groups excluding tert-OH is 1. The van der Waals surface area contributed by atoms with Crippen molar-refractivity contribution in [2.24, 2.45) is 11.8 Å². The predicted octanol–water partition coefficient (Wildman–Crippen LogP) is -0.689. The molecule has 4 rings (SSSR count). The molecule has 3 amide bonds. The van der Waals surface area contributed by atoms with Gasteiger partial charge in [-0.15, -0.1) is 0 Å². The van der Waals surface area contributed by atoms with Crippen LogP contribution >= 0.6 is 0 Å². The van der Waals surface area contributed by atoms with E-state index >= 15 is 0 Å². The van der Waals surface area contributed by atoms with Gasteiger partial charge in [0.1, 0.15) is 6.54 Å². The van der Waals surface area contributed by atoms with Gasteiger partial charge in [0.2, 0.25) is 17.7 Å². The van der Waals surface area contributed by atoms with Gasteiger partial charge in [-0.2, -0.15) is 5.10 Å². The van der Waals surface area contributed by atoms with Gasteiger partial charge < -0.3 is 25.3 Å². The van der Waals surface area contributed by atoms with Crippen molar-refractivity contribution in [2.75, 3.05) is 26.2 Å². The van der Waals surface area contributed by atoms with E-state index in [0.717, 1.165) is 19.3 Å². The van der Waals surface area contributed by atoms with Crippen molar-refractivity contribution in [1.29, 1.82) is 0 Å². The van der Waals surface area contributed by atoms with Crippen molar-refractivity contribution < 1.29 is 29.4 Å². The summed E-state index contributed by atoms with van der Waals surface area (Å²) in [7, 11) is 0. The average molecular weight is 450 g/mol. The van der Waals surface area contributed by atoms with Crippen molar-refractivity contribution in [3.05, 3.63) is 18.5 Å². The summed E-state index contributed by atoms with van der Waals surface area (Å²) in [5, 5.41) is 23.1. The molecule has 32 heavy (non-hydrogen) atoms. The highest BCUT2D eigenvalue weighted by molar-refractivity contribution is 5.79. The lowest BCUT2D eigenvalue weighted by Crippen LogP contribution is -2.67. The zero-order valence-corrected chi connectivity index (χ0v) is 18.0. The van der Waals surface area contributed by atoms with Gasteiger partial charge >= 0.3 is 0 Å². The zero-order chi connectivity index (χ0) is 23.1. The summed E-state index contributed by atoms with van der Waals surface area (Å²) in [5.41, 5.74) is 0. The summed E-state index contributed by atoms with van der Waals surface area (Å²) in [6.45, 7) is 1.37. The largest absolute Gasteiger partial charge is 0.483 e. The number of nitrogens with zero attached hydrogens (tertiary/aromatic N) is 4. The molecule has 0 unspecified atom stereocenters. The van der Waals surface area contributed by atoms with Gasteiger partial charge in [-0.25, -0.2) is 0 Å². The van der Waals surface area contributed by atoms with Gasteiger partial charge in [0.25, 0.3) is 6.47 Å². The third-order valence-electron chi connectivity index (χ3n) is 6.55. The molecule has 2 bridgehead atoms. The maximum absolute atomic E-state index is 12.8. The summed E-state index contributed by atoms with van der Waals surface area (Å²) in [6, 6.07) is 1.80. The molecule has 3 N–H and O–H groups in total. The van der Waals surface area contributed by atoms with E-state index in [4.69, 9.17) is 15.0 Å². The number of fused-ring (bicyclic) bond motifs is 4. The molecule has 3 aliphatic rings. The normalized spacial score (nSPS) is 26.5. The minimum atomic E-state index is -0.250. The third kappa shape index (κ3) is 5.45. The second-order valence-corrected chi connectivity index (χ2v) is 8.47. The monoisotopic (exact) mass is 449 g/mol. The molecule has 4 atom stereocenters. The SMILES string of the molecule is O=C(Cn1cccn1)NC[C@H]1[C@H]2C[C@H](CN(C(=O)CCO)C2)[C@@H]2CCCC(=O)N21.O=CO. The quantitative estimate of drug-likeness (QED) is 0.488. The lowest BCUT2D eigenvalue weighted by Gasteiger charge is -2.56. The van der Waals surface area contributed by atoms with Gasteiger partial charge in [0.05, 0.1) is 12.6 Å². The molecule has 3 aliphatic heterocycles. The molecule has 1 aromatic heterocycles. The predicted molar refractivity (Wildman–Crippen MR) is 112 cm³/mol. The van der Waals surface area contributed by atoms with E-state index < -0.39 is 0 Å². The van der Waals surface area contributed by atoms with E-state index in [1.54, 1.807) is 23.1 Å². The average Bonchev–Trinajstić information content (AvgIpc) is 3.27. The second kappa shape index (κ2) is 11.1. The highest BCUT2D eigenvalue weighted by Crippen LogP contribution is 2.41. The van der Waals surface area contributed by atoms with Crippen molar-refractivity contribution >= 4 is 24.2 Å². The topological polar surface area (TPSA) is 145 Å². The molecule has 11 heteroatoms. The van der Waals surface area contributed by atoms with Gasteiger partial charge in [0, 0.05) is 50.9 Å². The van der Waals surface area contributed by atoms with Gasteiger partial charge in [0.15, 0.2) is 0 Å². The summed E-state index contributed by atoms with van der Waals surface area (Å²) in [5.74, 6) is 0.411. The zero-order valence-electron chi connectivity index (χ0n) is 18.0. The van der Waals surface area contributed by atoms with Crippen LogP contribution in [0.4, 0.5) is 0 Å². The number of carbonyl (C=O) groups is 4. The molecule has 0 saturated carbocycles. The Morgan fingerprint density at radius 1 is 1.28 bits per heavy atom. The number of hydrogen-bond acceptors (Lipinski definition) is 6. The summed E-state index contributed by atoms with van der Waals surface area (Å²) >= 11 is 0. The first-order chi connectivity index (χ1) is 15.5. The van der Waals surface area contributed by atoms with Crippen molar-refractivity contribution in [3.63, 3.8) is 0 Å². The number of amides is 3. The van der Waals surface area contributed by atoms with E-state index in [-0.39, 0.29) is 67.7 Å². The maximum atomic E-state index is 12.8. The Kier molecular flexibility index (Phi) is 8.20. The fourth-order valence-corrected chi connectivity index (χ4v) is 5.31. The lowest BCUT2D eigenvalue weighted by molar-refractivity contribution is -0.156. The molecular formula is C21H31N5O6. The van der Waals surface area contributed by atoms with E-state index in [9.17, 15) is 14.4 Å². The van der Waals surface area contributed by atoms with E-state index in [1.807, 2.05) is 9.80 Å². The maximum Gasteiger partial charge on any atom is 0.290 e. The Morgan fingerprint density at radius 2 is 2.03 bits per heavy atom. The minimum absolute atomic E-state index is 0.0285. The number of piperidine rings is 3. The van der Waals surface area contributed by atoms with Crippen molar-refractivity contribution in [2.45, 2.75) is 50.7 Å². The van der Waals surface area contributed by atoms with Crippen LogP contribution in [0.3, 0.4) is 0 Å². The second-order valence-electron chi connectivity index (χ2n) is 8.47. The van der Waals surface area contributed by atoms with E-state index in [1.165, 1.54) is 0 Å². The third-order valence-corrected chi connectivity index (χ3v) is 6.55. The number of nitrogens with one attached hydrogen (secondary N) is 1. The minimum Gasteiger partial charge on any atom is -0.483 e. The van der Waals surface area contributed by atoms with Gasteiger partial charge in [-0.05, 0) is 37.2 Å². The summed E-state index contributed by atoms with van der Waals surface area (Å²) < 4.78 is 1.57. The number of aromatic nitrogens is 2. The number of rotatable bonds is 6. The molecule has 11 nitrogen and oxygen atoms in total. The molecule has 0 aromatic carbocycles. The standard InChI is InChI=1S/C20H29N5O4.CH2O2/c26-8-5-19(28)23-11-14-9-15(12-23)17(25-16(14)3-1-4-20(25)29)10-21-18(27)13-24-7-2-6-22-24;2-1-3/h2,6-7,14-17,26H,1,3-5,8-13H2,(H,21,27);1H,(H,2,3)/t14-,15+,16+,17+;/m1./s1. The number of carbonyl (C=O) groups excluding carboxylic acids is 3. The Bertz CT molecular complexity index is 801. The Morgan fingerprint density at radius 3 is 2.72 bits per heavy atom. The summed E-state index contributed by atoms with van der Waals surface area (Å²) in [6.07, 6.45) is 6.86. The fraction of sp³-hybridized carbons (Fsp3) is 0.667. The first kappa shape index (κ1) is 23.7. The molecule has 3 fully saturated rings. The number of aliphatic hydroxyl groups is 1. The van der Waals surface area contributed by atoms with Crippen LogP contribution in [0.2, 0.25) is 0 Å². The first-order valence-electron chi connectivity index (χ1n) is 11.0. The lowest BCUT2D eigenvalue weighted by atomic mass is 9.72. The molecule has 176 valence electrons. The molecular weight excluding hydrogens is 418 g/mol. The Labute approximate surface area is 186 Å². The number of likely N-dealkylation sites (tertiary alicyclic amines) is 1. The van der Waals surface area contributed by atoms with Crippen LogP contribution < -0.4 is 5.32 Å². The highest BCUT2D eigenvalue weighted by atomic mass is 16.3. The molecule has 1 aromatic rings.